The van der Waals surface area contributed by atoms with E-state index in [0.717, 1.165) is 0 Å². The van der Waals surface area contributed by atoms with E-state index in [4.69, 9.17) is 0 Å². The molecule has 1 atom stereocenters. The van der Waals surface area contributed by atoms with Crippen LogP contribution in [0.5, 0.6) is 0 Å². The molecule has 3 rings (SSSR count). The molecule has 2 aromatic rings. The van der Waals surface area contributed by atoms with E-state index in [9.17, 15) is 0 Å². The van der Waals surface area contributed by atoms with Crippen molar-refractivity contribution >= 4 is 5.57 Å². The highest BCUT2D eigenvalue weighted by Gasteiger charge is 2.29. The van der Waals surface area contributed by atoms with E-state index in [1.807, 2.05) is 0 Å². The summed E-state index contributed by atoms with van der Waals surface area (Å²) in [5.74, 6) is 1.28. The van der Waals surface area contributed by atoms with Crippen molar-refractivity contribution in [3.8, 4) is 11.3 Å². The fourth-order valence-electron chi connectivity index (χ4n) is 5.17. The molecule has 0 spiro atoms. The summed E-state index contributed by atoms with van der Waals surface area (Å²) in [6.45, 7) is 9.13. The summed E-state index contributed by atoms with van der Waals surface area (Å²) in [6.07, 6.45) is 18.6. The van der Waals surface area contributed by atoms with Gasteiger partial charge in [-0.25, -0.2) is 0 Å². The largest absolute Gasteiger partial charge is 0.354 e. The van der Waals surface area contributed by atoms with Crippen molar-refractivity contribution in [2.45, 2.75) is 97.3 Å². The molecule has 0 amide bonds. The Morgan fingerprint density at radius 1 is 1.10 bits per heavy atom. The van der Waals surface area contributed by atoms with Gasteiger partial charge in [0, 0.05) is 11.4 Å². The maximum atomic E-state index is 3.94. The van der Waals surface area contributed by atoms with Gasteiger partial charge in [0.1, 0.15) is 0 Å². The average Bonchev–Trinajstić information content (AvgIpc) is 3.19. The van der Waals surface area contributed by atoms with Gasteiger partial charge in [0.15, 0.2) is 0 Å². The van der Waals surface area contributed by atoms with Crippen molar-refractivity contribution in [2.24, 2.45) is 0 Å². The Hall–Kier alpha value is -2.02. The molecule has 0 radical (unpaired) electrons. The molecule has 1 heterocycles. The highest BCUT2D eigenvalue weighted by Crippen LogP contribution is 2.46. The molecule has 1 fully saturated rings. The standard InChI is InChI=1S/C29H41N/c1-5-7-11-17-22(3)26-27(24-18-12-9-13-19-24)29(25-20-14-10-15-21-25)30-28(26)23(4)16-8-6-2/h6,8,10,14-16,20-22,24,30H,5,7,9,11-13,17-19H2,1-4H3/b8-6-,23-16+. The first-order valence-corrected chi connectivity index (χ1v) is 12.3. The molecule has 1 aliphatic carbocycles. The van der Waals surface area contributed by atoms with Crippen LogP contribution in [0.15, 0.2) is 48.6 Å². The van der Waals surface area contributed by atoms with Crippen LogP contribution in [0.2, 0.25) is 0 Å². The third kappa shape index (κ3) is 5.36. The van der Waals surface area contributed by atoms with Crippen molar-refractivity contribution in [2.75, 3.05) is 0 Å². The Bertz CT molecular complexity index is 831. The smallest absolute Gasteiger partial charge is 0.0497 e. The second-order valence-electron chi connectivity index (χ2n) is 9.18. The molecule has 1 heteroatoms. The van der Waals surface area contributed by atoms with Gasteiger partial charge >= 0.3 is 0 Å². The number of allylic oxidation sites excluding steroid dienone is 4. The Morgan fingerprint density at radius 2 is 1.83 bits per heavy atom. The third-order valence-electron chi connectivity index (χ3n) is 6.82. The maximum absolute atomic E-state index is 3.94. The van der Waals surface area contributed by atoms with Crippen LogP contribution in [-0.2, 0) is 0 Å². The van der Waals surface area contributed by atoms with Crippen LogP contribution in [0.25, 0.3) is 16.8 Å². The summed E-state index contributed by atoms with van der Waals surface area (Å²) in [7, 11) is 0. The summed E-state index contributed by atoms with van der Waals surface area (Å²) in [5, 5.41) is 0. The number of nitrogens with one attached hydrogen (secondary N) is 1. The second-order valence-corrected chi connectivity index (χ2v) is 9.18. The number of aromatic amines is 1. The molecule has 0 aliphatic heterocycles. The van der Waals surface area contributed by atoms with Gasteiger partial charge in [-0.1, -0.05) is 101 Å². The van der Waals surface area contributed by atoms with Crippen molar-refractivity contribution < 1.29 is 0 Å². The van der Waals surface area contributed by atoms with Gasteiger partial charge in [0.2, 0.25) is 0 Å². The van der Waals surface area contributed by atoms with Crippen molar-refractivity contribution in [1.82, 2.24) is 4.98 Å². The summed E-state index contributed by atoms with van der Waals surface area (Å²) in [6, 6.07) is 11.0. The Kier molecular flexibility index (Phi) is 8.61. The van der Waals surface area contributed by atoms with Crippen molar-refractivity contribution in [3.05, 3.63) is 65.4 Å². The number of hydrogen-bond acceptors (Lipinski definition) is 0. The molecule has 1 N–H and O–H groups in total. The highest BCUT2D eigenvalue weighted by atomic mass is 14.8. The topological polar surface area (TPSA) is 15.8 Å². The zero-order chi connectivity index (χ0) is 21.3. The fraction of sp³-hybridized carbons (Fsp3) is 0.517. The molecule has 162 valence electrons. The first-order valence-electron chi connectivity index (χ1n) is 12.3. The lowest BCUT2D eigenvalue weighted by atomic mass is 9.78. The molecule has 1 aliphatic rings. The van der Waals surface area contributed by atoms with E-state index in [-0.39, 0.29) is 0 Å². The lowest BCUT2D eigenvalue weighted by Gasteiger charge is -2.26. The van der Waals surface area contributed by atoms with E-state index >= 15 is 0 Å². The summed E-state index contributed by atoms with van der Waals surface area (Å²) >= 11 is 0. The highest BCUT2D eigenvalue weighted by molar-refractivity contribution is 5.76. The first-order chi connectivity index (χ1) is 14.7. The molecule has 0 saturated heterocycles. The van der Waals surface area contributed by atoms with Crippen LogP contribution in [0.3, 0.4) is 0 Å². The number of unbranched alkanes of at least 4 members (excludes halogenated alkanes) is 2. The molecule has 1 aromatic heterocycles. The monoisotopic (exact) mass is 403 g/mol. The molecule has 1 aromatic carbocycles. The molecule has 1 unspecified atom stereocenters. The van der Waals surface area contributed by atoms with Crippen LogP contribution < -0.4 is 0 Å². The Morgan fingerprint density at radius 3 is 2.50 bits per heavy atom. The van der Waals surface area contributed by atoms with Crippen LogP contribution in [-0.4, -0.2) is 4.98 Å². The molecular formula is C29H41N. The predicted octanol–water partition coefficient (Wildman–Crippen LogP) is 9.39. The molecule has 1 nitrogen and oxygen atoms in total. The van der Waals surface area contributed by atoms with Gasteiger partial charge in [-0.3, -0.25) is 0 Å². The fourth-order valence-corrected chi connectivity index (χ4v) is 5.17. The van der Waals surface area contributed by atoms with Gasteiger partial charge in [-0.05, 0) is 67.2 Å². The van der Waals surface area contributed by atoms with Gasteiger partial charge in [-0.15, -0.1) is 0 Å². The minimum Gasteiger partial charge on any atom is -0.354 e. The Labute approximate surface area is 184 Å². The average molecular weight is 404 g/mol. The van der Waals surface area contributed by atoms with Gasteiger partial charge in [-0.2, -0.15) is 0 Å². The van der Waals surface area contributed by atoms with E-state index in [0.29, 0.717) is 11.8 Å². The Balaban J connectivity index is 2.16. The first kappa shape index (κ1) is 22.7. The van der Waals surface area contributed by atoms with Crippen LogP contribution >= 0.6 is 0 Å². The lowest BCUT2D eigenvalue weighted by Crippen LogP contribution is -2.09. The van der Waals surface area contributed by atoms with E-state index in [1.165, 1.54) is 80.3 Å². The molecule has 0 bridgehead atoms. The third-order valence-corrected chi connectivity index (χ3v) is 6.82. The molecule has 30 heavy (non-hydrogen) atoms. The second kappa shape index (κ2) is 11.4. The summed E-state index contributed by atoms with van der Waals surface area (Å²) < 4.78 is 0. The molecular weight excluding hydrogens is 362 g/mol. The normalized spacial score (nSPS) is 17.0. The van der Waals surface area contributed by atoms with Gasteiger partial charge in [0.25, 0.3) is 0 Å². The minimum atomic E-state index is 0.589. The van der Waals surface area contributed by atoms with Gasteiger partial charge < -0.3 is 4.98 Å². The number of H-pyrrole nitrogens is 1. The van der Waals surface area contributed by atoms with Crippen molar-refractivity contribution in [1.29, 1.82) is 0 Å². The van der Waals surface area contributed by atoms with Crippen LogP contribution in [0.1, 0.15) is 114 Å². The quantitative estimate of drug-likeness (QED) is 0.317. The number of benzene rings is 1. The number of rotatable bonds is 9. The zero-order valence-electron chi connectivity index (χ0n) is 19.6. The SMILES string of the molecule is C/C=C\C=C(/C)c1[nH]c(-c2ccccc2)c(C2CCCCC2)c1C(C)CCCCC. The summed E-state index contributed by atoms with van der Waals surface area (Å²) in [4.78, 5) is 3.94. The van der Waals surface area contributed by atoms with E-state index in [2.05, 4.69) is 81.2 Å². The number of aromatic nitrogens is 1. The van der Waals surface area contributed by atoms with Crippen LogP contribution in [0, 0.1) is 0 Å². The summed E-state index contributed by atoms with van der Waals surface area (Å²) in [5.41, 5.74) is 8.68. The van der Waals surface area contributed by atoms with E-state index in [1.54, 1.807) is 11.1 Å². The minimum absolute atomic E-state index is 0.589. The molecule has 1 saturated carbocycles. The van der Waals surface area contributed by atoms with Crippen LogP contribution in [0.4, 0.5) is 0 Å². The number of hydrogen-bond donors (Lipinski definition) is 1. The van der Waals surface area contributed by atoms with Gasteiger partial charge in [0.05, 0.1) is 0 Å². The zero-order valence-corrected chi connectivity index (χ0v) is 19.6. The predicted molar refractivity (Wildman–Crippen MR) is 133 cm³/mol. The maximum Gasteiger partial charge on any atom is 0.0497 e. The van der Waals surface area contributed by atoms with Crippen molar-refractivity contribution in [3.63, 3.8) is 0 Å². The van der Waals surface area contributed by atoms with E-state index < -0.39 is 0 Å². The lowest BCUT2D eigenvalue weighted by molar-refractivity contribution is 0.440.